The van der Waals surface area contributed by atoms with E-state index in [2.05, 4.69) is 68.0 Å². The Bertz CT molecular complexity index is 1100. The van der Waals surface area contributed by atoms with Crippen molar-refractivity contribution < 1.29 is 5.11 Å². The zero-order valence-corrected chi connectivity index (χ0v) is 19.0. The van der Waals surface area contributed by atoms with Crippen molar-refractivity contribution in [2.75, 3.05) is 17.7 Å². The number of nitrogen functional groups attached to an aromatic ring is 1. The van der Waals surface area contributed by atoms with E-state index in [1.165, 1.54) is 6.33 Å². The standard InChI is InChI=1S/C22H29N9O/c1-21(2)9-14(10-22(3,4)30-21)31(5)20-24-11-16(28-29-20)15-7-6-13(8-17(15)32)18-25-12-26-19(23)27-18/h6-8,11-12,14,30,32H,9-10H2,1-5H3,(H2,23,25,26,27). The molecule has 3 aromatic rings. The summed E-state index contributed by atoms with van der Waals surface area (Å²) >= 11 is 0. The second kappa shape index (κ2) is 7.94. The molecule has 2 aromatic heterocycles. The van der Waals surface area contributed by atoms with Gasteiger partial charge in [-0.05, 0) is 52.7 Å². The molecule has 10 nitrogen and oxygen atoms in total. The first-order valence-corrected chi connectivity index (χ1v) is 10.5. The summed E-state index contributed by atoms with van der Waals surface area (Å²) in [5.41, 5.74) is 7.28. The van der Waals surface area contributed by atoms with Crippen LogP contribution in [0.5, 0.6) is 5.75 Å². The number of aromatic hydroxyl groups is 1. The lowest BCUT2D eigenvalue weighted by atomic mass is 9.79. The number of phenolic OH excluding ortho intramolecular Hbond substituents is 1. The third kappa shape index (κ3) is 4.59. The second-order valence-electron chi connectivity index (χ2n) is 9.61. The van der Waals surface area contributed by atoms with Gasteiger partial charge in [0.2, 0.25) is 11.9 Å². The van der Waals surface area contributed by atoms with Gasteiger partial charge in [0.1, 0.15) is 17.8 Å². The van der Waals surface area contributed by atoms with Crippen LogP contribution in [-0.4, -0.2) is 59.4 Å². The SMILES string of the molecule is CN(c1ncc(-c2ccc(-c3ncnc(N)n3)cc2O)nn1)C1CC(C)(C)NC(C)(C)C1. The third-order valence-electron chi connectivity index (χ3n) is 5.70. The van der Waals surface area contributed by atoms with Gasteiger partial charge in [-0.1, -0.05) is 6.07 Å². The zero-order valence-electron chi connectivity index (χ0n) is 19.0. The molecule has 3 heterocycles. The van der Waals surface area contributed by atoms with Crippen molar-refractivity contribution in [3.8, 4) is 28.4 Å². The molecule has 10 heteroatoms. The normalized spacial score (nSPS) is 17.8. The number of piperidine rings is 1. The summed E-state index contributed by atoms with van der Waals surface area (Å²) in [5, 5.41) is 22.9. The number of anilines is 2. The zero-order chi connectivity index (χ0) is 23.1. The van der Waals surface area contributed by atoms with Crippen molar-refractivity contribution in [2.24, 2.45) is 0 Å². The molecule has 0 aliphatic carbocycles. The highest BCUT2D eigenvalue weighted by molar-refractivity contribution is 5.71. The summed E-state index contributed by atoms with van der Waals surface area (Å²) in [6.45, 7) is 8.87. The Kier molecular flexibility index (Phi) is 5.41. The molecule has 0 amide bonds. The lowest BCUT2D eigenvalue weighted by Gasteiger charge is -2.48. The van der Waals surface area contributed by atoms with E-state index < -0.39 is 0 Å². The highest BCUT2D eigenvalue weighted by Crippen LogP contribution is 2.33. The number of phenols is 1. The van der Waals surface area contributed by atoms with Gasteiger partial charge in [-0.25, -0.2) is 15.0 Å². The van der Waals surface area contributed by atoms with E-state index in [1.807, 2.05) is 7.05 Å². The van der Waals surface area contributed by atoms with Gasteiger partial charge >= 0.3 is 0 Å². The minimum Gasteiger partial charge on any atom is -0.507 e. The Labute approximate surface area is 187 Å². The summed E-state index contributed by atoms with van der Waals surface area (Å²) < 4.78 is 0. The van der Waals surface area contributed by atoms with E-state index >= 15 is 0 Å². The largest absolute Gasteiger partial charge is 0.507 e. The molecular formula is C22H29N9O. The Morgan fingerprint density at radius 3 is 2.38 bits per heavy atom. The number of aromatic nitrogens is 6. The van der Waals surface area contributed by atoms with Crippen LogP contribution in [0, 0.1) is 0 Å². The molecule has 0 atom stereocenters. The number of nitrogens with one attached hydrogen (secondary N) is 1. The molecule has 1 saturated heterocycles. The van der Waals surface area contributed by atoms with Crippen LogP contribution in [0.2, 0.25) is 0 Å². The van der Waals surface area contributed by atoms with Gasteiger partial charge in [0.15, 0.2) is 5.82 Å². The molecule has 168 valence electrons. The number of nitrogens with zero attached hydrogens (tertiary/aromatic N) is 7. The quantitative estimate of drug-likeness (QED) is 0.560. The van der Waals surface area contributed by atoms with Gasteiger partial charge in [-0.15, -0.1) is 10.2 Å². The molecule has 1 aliphatic rings. The Morgan fingerprint density at radius 1 is 1.06 bits per heavy atom. The highest BCUT2D eigenvalue weighted by atomic mass is 16.3. The molecule has 0 radical (unpaired) electrons. The lowest BCUT2D eigenvalue weighted by Crippen LogP contribution is -2.62. The van der Waals surface area contributed by atoms with Gasteiger partial charge in [0.05, 0.1) is 6.20 Å². The first-order valence-electron chi connectivity index (χ1n) is 10.5. The van der Waals surface area contributed by atoms with E-state index in [9.17, 15) is 5.11 Å². The van der Waals surface area contributed by atoms with Crippen LogP contribution in [0.4, 0.5) is 11.9 Å². The minimum absolute atomic E-state index is 0.0186. The van der Waals surface area contributed by atoms with E-state index in [-0.39, 0.29) is 28.8 Å². The van der Waals surface area contributed by atoms with Gasteiger partial charge < -0.3 is 21.1 Å². The van der Waals surface area contributed by atoms with Crippen molar-refractivity contribution in [2.45, 2.75) is 57.7 Å². The first-order chi connectivity index (χ1) is 15.0. The monoisotopic (exact) mass is 435 g/mol. The van der Waals surface area contributed by atoms with Crippen molar-refractivity contribution in [1.29, 1.82) is 0 Å². The Morgan fingerprint density at radius 2 is 1.78 bits per heavy atom. The summed E-state index contributed by atoms with van der Waals surface area (Å²) in [4.78, 5) is 18.6. The van der Waals surface area contributed by atoms with Crippen molar-refractivity contribution >= 4 is 11.9 Å². The Hall–Kier alpha value is -3.40. The predicted octanol–water partition coefficient (Wildman–Crippen LogP) is 2.42. The summed E-state index contributed by atoms with van der Waals surface area (Å²) in [6, 6.07) is 5.36. The molecule has 4 N–H and O–H groups in total. The van der Waals surface area contributed by atoms with Crippen LogP contribution >= 0.6 is 0 Å². The summed E-state index contributed by atoms with van der Waals surface area (Å²) in [7, 11) is 2.01. The number of benzene rings is 1. The number of hydrogen-bond acceptors (Lipinski definition) is 10. The molecule has 32 heavy (non-hydrogen) atoms. The molecule has 1 aromatic carbocycles. The molecule has 4 rings (SSSR count). The van der Waals surface area contributed by atoms with Crippen LogP contribution in [0.3, 0.4) is 0 Å². The van der Waals surface area contributed by atoms with E-state index in [1.54, 1.807) is 24.4 Å². The maximum absolute atomic E-state index is 10.6. The third-order valence-corrected chi connectivity index (χ3v) is 5.70. The average Bonchev–Trinajstić information content (AvgIpc) is 2.71. The number of nitrogens with two attached hydrogens (primary N) is 1. The molecule has 0 saturated carbocycles. The van der Waals surface area contributed by atoms with Crippen molar-refractivity contribution in [3.63, 3.8) is 0 Å². The number of hydrogen-bond donors (Lipinski definition) is 3. The average molecular weight is 436 g/mol. The van der Waals surface area contributed by atoms with Crippen molar-refractivity contribution in [3.05, 3.63) is 30.7 Å². The fourth-order valence-electron chi connectivity index (χ4n) is 4.60. The van der Waals surface area contributed by atoms with Crippen molar-refractivity contribution in [1.82, 2.24) is 35.5 Å². The van der Waals surface area contributed by atoms with Gasteiger partial charge in [-0.3, -0.25) is 0 Å². The van der Waals surface area contributed by atoms with E-state index in [0.29, 0.717) is 28.6 Å². The first kappa shape index (κ1) is 21.8. The van der Waals surface area contributed by atoms with Crippen LogP contribution in [-0.2, 0) is 0 Å². The van der Waals surface area contributed by atoms with Crippen LogP contribution < -0.4 is 16.0 Å². The van der Waals surface area contributed by atoms with Crippen LogP contribution in [0.25, 0.3) is 22.6 Å². The predicted molar refractivity (Wildman–Crippen MR) is 123 cm³/mol. The molecular weight excluding hydrogens is 406 g/mol. The maximum atomic E-state index is 10.6. The fraction of sp³-hybridized carbons (Fsp3) is 0.455. The van der Waals surface area contributed by atoms with Gasteiger partial charge in [0, 0.05) is 35.3 Å². The number of rotatable bonds is 4. The molecule has 0 unspecified atom stereocenters. The van der Waals surface area contributed by atoms with E-state index in [0.717, 1.165) is 12.8 Å². The molecule has 0 bridgehead atoms. The van der Waals surface area contributed by atoms with Gasteiger partial charge in [0.25, 0.3) is 0 Å². The molecule has 0 spiro atoms. The van der Waals surface area contributed by atoms with Crippen LogP contribution in [0.1, 0.15) is 40.5 Å². The Balaban J connectivity index is 1.55. The molecule has 1 fully saturated rings. The van der Waals surface area contributed by atoms with Gasteiger partial charge in [-0.2, -0.15) is 4.98 Å². The lowest BCUT2D eigenvalue weighted by molar-refractivity contribution is 0.160. The molecule has 1 aliphatic heterocycles. The highest BCUT2D eigenvalue weighted by Gasteiger charge is 2.39. The smallest absolute Gasteiger partial charge is 0.245 e. The topological polar surface area (TPSA) is 139 Å². The summed E-state index contributed by atoms with van der Waals surface area (Å²) in [6.07, 6.45) is 4.91. The van der Waals surface area contributed by atoms with Crippen LogP contribution in [0.15, 0.2) is 30.7 Å². The minimum atomic E-state index is 0.0186. The fourth-order valence-corrected chi connectivity index (χ4v) is 4.60. The van der Waals surface area contributed by atoms with E-state index in [4.69, 9.17) is 5.73 Å². The second-order valence-corrected chi connectivity index (χ2v) is 9.61. The maximum Gasteiger partial charge on any atom is 0.245 e. The summed E-state index contributed by atoms with van der Waals surface area (Å²) in [5.74, 6) is 1.09.